The van der Waals surface area contributed by atoms with Crippen molar-refractivity contribution in [3.63, 3.8) is 0 Å². The standard InChI is InChI=1S/C21H27FN4O/c1-14-5-4-6-18(25-14)12-24-21(23-3)26-15(2)17-9-10-20(19(22)11-17)27-13-16-7-8-16/h4-6,9-11,15-16H,7-8,12-13H2,1-3H3,(H2,23,24,26). The normalized spacial score (nSPS) is 15.3. The smallest absolute Gasteiger partial charge is 0.191 e. The number of aliphatic imine (C=N–C) groups is 1. The minimum atomic E-state index is -0.325. The summed E-state index contributed by atoms with van der Waals surface area (Å²) < 4.78 is 19.9. The summed E-state index contributed by atoms with van der Waals surface area (Å²) >= 11 is 0. The molecule has 0 radical (unpaired) electrons. The highest BCUT2D eigenvalue weighted by molar-refractivity contribution is 5.80. The first kappa shape index (κ1) is 19.1. The van der Waals surface area contributed by atoms with Crippen molar-refractivity contribution in [1.29, 1.82) is 0 Å². The second-order valence-electron chi connectivity index (χ2n) is 7.01. The van der Waals surface area contributed by atoms with Crippen LogP contribution in [0.5, 0.6) is 5.75 Å². The lowest BCUT2D eigenvalue weighted by atomic mass is 10.1. The van der Waals surface area contributed by atoms with E-state index in [-0.39, 0.29) is 11.9 Å². The summed E-state index contributed by atoms with van der Waals surface area (Å²) in [6.07, 6.45) is 2.37. The molecule has 0 aliphatic heterocycles. The van der Waals surface area contributed by atoms with Gasteiger partial charge in [-0.25, -0.2) is 4.39 Å². The van der Waals surface area contributed by atoms with Crippen LogP contribution in [0.2, 0.25) is 0 Å². The van der Waals surface area contributed by atoms with E-state index in [4.69, 9.17) is 4.74 Å². The van der Waals surface area contributed by atoms with E-state index in [1.165, 1.54) is 18.9 Å². The van der Waals surface area contributed by atoms with Crippen LogP contribution in [0.3, 0.4) is 0 Å². The molecule has 0 amide bonds. The summed E-state index contributed by atoms with van der Waals surface area (Å²) in [4.78, 5) is 8.70. The number of aromatic nitrogens is 1. The molecule has 5 nitrogen and oxygen atoms in total. The highest BCUT2D eigenvalue weighted by atomic mass is 19.1. The third kappa shape index (κ3) is 5.67. The third-order valence-corrected chi connectivity index (χ3v) is 4.59. The summed E-state index contributed by atoms with van der Waals surface area (Å²) in [7, 11) is 1.71. The van der Waals surface area contributed by atoms with Gasteiger partial charge in [0, 0.05) is 12.7 Å². The predicted octanol–water partition coefficient (Wildman–Crippen LogP) is 3.74. The molecule has 0 bridgehead atoms. The lowest BCUT2D eigenvalue weighted by Gasteiger charge is -2.19. The van der Waals surface area contributed by atoms with Crippen molar-refractivity contribution >= 4 is 5.96 Å². The summed E-state index contributed by atoms with van der Waals surface area (Å²) in [5.74, 6) is 1.24. The quantitative estimate of drug-likeness (QED) is 0.576. The van der Waals surface area contributed by atoms with Gasteiger partial charge in [-0.1, -0.05) is 12.1 Å². The first-order valence-corrected chi connectivity index (χ1v) is 9.37. The minimum Gasteiger partial charge on any atom is -0.490 e. The maximum absolute atomic E-state index is 14.3. The van der Waals surface area contributed by atoms with Crippen molar-refractivity contribution in [3.05, 3.63) is 59.2 Å². The molecule has 27 heavy (non-hydrogen) atoms. The van der Waals surface area contributed by atoms with Crippen molar-refractivity contribution in [2.24, 2.45) is 10.9 Å². The van der Waals surface area contributed by atoms with Gasteiger partial charge in [0.25, 0.3) is 0 Å². The van der Waals surface area contributed by atoms with Crippen LogP contribution in [0.1, 0.15) is 42.8 Å². The monoisotopic (exact) mass is 370 g/mol. The van der Waals surface area contributed by atoms with Crippen LogP contribution in [0.25, 0.3) is 0 Å². The number of hydrogen-bond acceptors (Lipinski definition) is 3. The summed E-state index contributed by atoms with van der Waals surface area (Å²) in [5.41, 5.74) is 2.75. The van der Waals surface area contributed by atoms with Gasteiger partial charge in [0.1, 0.15) is 0 Å². The zero-order valence-electron chi connectivity index (χ0n) is 16.1. The minimum absolute atomic E-state index is 0.103. The Morgan fingerprint density at radius 1 is 1.33 bits per heavy atom. The van der Waals surface area contributed by atoms with E-state index < -0.39 is 0 Å². The molecule has 2 aromatic rings. The highest BCUT2D eigenvalue weighted by Crippen LogP contribution is 2.30. The Morgan fingerprint density at radius 3 is 2.81 bits per heavy atom. The van der Waals surface area contributed by atoms with Crippen LogP contribution in [0.15, 0.2) is 41.4 Å². The van der Waals surface area contributed by atoms with Crippen molar-refractivity contribution < 1.29 is 9.13 Å². The van der Waals surface area contributed by atoms with Crippen molar-refractivity contribution in [3.8, 4) is 5.75 Å². The fraction of sp³-hybridized carbons (Fsp3) is 0.429. The molecule has 1 atom stereocenters. The number of halogens is 1. The van der Waals surface area contributed by atoms with Crippen molar-refractivity contribution in [2.75, 3.05) is 13.7 Å². The molecule has 0 spiro atoms. The average Bonchev–Trinajstić information content (AvgIpc) is 3.48. The number of hydrogen-bond donors (Lipinski definition) is 2. The molecule has 2 N–H and O–H groups in total. The van der Waals surface area contributed by atoms with Crippen LogP contribution in [0, 0.1) is 18.7 Å². The Bertz CT molecular complexity index is 805. The molecule has 1 aromatic heterocycles. The lowest BCUT2D eigenvalue weighted by Crippen LogP contribution is -2.38. The predicted molar refractivity (Wildman–Crippen MR) is 105 cm³/mol. The zero-order chi connectivity index (χ0) is 19.2. The summed E-state index contributed by atoms with van der Waals surface area (Å²) in [6.45, 7) is 5.10. The van der Waals surface area contributed by atoms with Gasteiger partial charge in [-0.15, -0.1) is 0 Å². The van der Waals surface area contributed by atoms with E-state index in [0.717, 1.165) is 17.0 Å². The Balaban J connectivity index is 1.55. The number of aryl methyl sites for hydroxylation is 1. The van der Waals surface area contributed by atoms with Gasteiger partial charge in [-0.2, -0.15) is 0 Å². The Labute approximate surface area is 160 Å². The highest BCUT2D eigenvalue weighted by Gasteiger charge is 2.22. The van der Waals surface area contributed by atoms with Crippen LogP contribution < -0.4 is 15.4 Å². The second kappa shape index (κ2) is 8.84. The topological polar surface area (TPSA) is 58.5 Å². The molecule has 1 saturated carbocycles. The fourth-order valence-corrected chi connectivity index (χ4v) is 2.75. The number of guanidine groups is 1. The third-order valence-electron chi connectivity index (χ3n) is 4.59. The van der Waals surface area contributed by atoms with Gasteiger partial charge < -0.3 is 15.4 Å². The van der Waals surface area contributed by atoms with Crippen LogP contribution in [0.4, 0.5) is 4.39 Å². The molecule has 3 rings (SSSR count). The lowest BCUT2D eigenvalue weighted by molar-refractivity contribution is 0.285. The van der Waals surface area contributed by atoms with E-state index in [2.05, 4.69) is 20.6 Å². The zero-order valence-corrected chi connectivity index (χ0v) is 16.1. The largest absolute Gasteiger partial charge is 0.490 e. The second-order valence-corrected chi connectivity index (χ2v) is 7.01. The Kier molecular flexibility index (Phi) is 6.27. The SMILES string of the molecule is CN=C(NCc1cccc(C)n1)NC(C)c1ccc(OCC2CC2)c(F)c1. The maximum Gasteiger partial charge on any atom is 0.191 e. The first-order valence-electron chi connectivity index (χ1n) is 9.37. The molecule has 1 heterocycles. The summed E-state index contributed by atoms with van der Waals surface area (Å²) in [5, 5.41) is 6.52. The van der Waals surface area contributed by atoms with Crippen molar-refractivity contribution in [1.82, 2.24) is 15.6 Å². The maximum atomic E-state index is 14.3. The van der Waals surface area contributed by atoms with Gasteiger partial charge in [0.05, 0.1) is 24.9 Å². The molecule has 1 fully saturated rings. The molecule has 1 aromatic carbocycles. The summed E-state index contributed by atoms with van der Waals surface area (Å²) in [6, 6.07) is 10.9. The Morgan fingerprint density at radius 2 is 2.15 bits per heavy atom. The van der Waals surface area contributed by atoms with Crippen LogP contribution in [-0.2, 0) is 6.54 Å². The number of pyridine rings is 1. The average molecular weight is 370 g/mol. The molecule has 0 saturated heterocycles. The number of nitrogens with one attached hydrogen (secondary N) is 2. The molecular weight excluding hydrogens is 343 g/mol. The number of nitrogens with zero attached hydrogens (tertiary/aromatic N) is 2. The molecule has 6 heteroatoms. The molecular formula is C21H27FN4O. The van der Waals surface area contributed by atoms with Crippen LogP contribution >= 0.6 is 0 Å². The van der Waals surface area contributed by atoms with E-state index in [1.54, 1.807) is 13.1 Å². The van der Waals surface area contributed by atoms with Gasteiger partial charge >= 0.3 is 0 Å². The molecule has 1 aliphatic carbocycles. The van der Waals surface area contributed by atoms with E-state index in [1.807, 2.05) is 38.1 Å². The van der Waals surface area contributed by atoms with E-state index in [0.29, 0.717) is 30.8 Å². The van der Waals surface area contributed by atoms with Gasteiger partial charge in [0.2, 0.25) is 0 Å². The van der Waals surface area contributed by atoms with Gasteiger partial charge in [-0.3, -0.25) is 9.98 Å². The van der Waals surface area contributed by atoms with Crippen LogP contribution in [-0.4, -0.2) is 24.6 Å². The number of benzene rings is 1. The molecule has 1 aliphatic rings. The van der Waals surface area contributed by atoms with Gasteiger partial charge in [0.15, 0.2) is 17.5 Å². The number of rotatable bonds is 7. The van der Waals surface area contributed by atoms with Crippen molar-refractivity contribution in [2.45, 2.75) is 39.3 Å². The van der Waals surface area contributed by atoms with E-state index in [9.17, 15) is 4.39 Å². The Hall–Kier alpha value is -2.63. The fourth-order valence-electron chi connectivity index (χ4n) is 2.75. The van der Waals surface area contributed by atoms with E-state index >= 15 is 0 Å². The van der Waals surface area contributed by atoms with Gasteiger partial charge in [-0.05, 0) is 62.4 Å². The molecule has 144 valence electrons. The molecule has 1 unspecified atom stereocenters. The number of ether oxygens (including phenoxy) is 1. The first-order chi connectivity index (χ1) is 13.0.